The monoisotopic (exact) mass is 995 g/mol. The zero-order chi connectivity index (χ0) is 50.2. The van der Waals surface area contributed by atoms with Crippen LogP contribution >= 0.6 is 24.8 Å². The van der Waals surface area contributed by atoms with Gasteiger partial charge >= 0.3 is 0 Å². The van der Waals surface area contributed by atoms with Crippen molar-refractivity contribution in [1.82, 2.24) is 41.7 Å². The van der Waals surface area contributed by atoms with Crippen molar-refractivity contribution in [2.75, 3.05) is 27.2 Å². The predicted molar refractivity (Wildman–Crippen MR) is 271 cm³/mol. The summed E-state index contributed by atoms with van der Waals surface area (Å²) in [6.45, 7) is 26.5. The number of benzene rings is 1. The number of likely N-dealkylation sites (N-methyl/N-ethyl adjacent to an activating group) is 2. The lowest BCUT2D eigenvalue weighted by Crippen LogP contribution is -2.60. The number of rotatable bonds is 20. The van der Waals surface area contributed by atoms with Gasteiger partial charge in [-0.3, -0.25) is 38.4 Å². The lowest BCUT2D eigenvalue weighted by atomic mass is 9.85. The fourth-order valence-corrected chi connectivity index (χ4v) is 8.15. The lowest BCUT2D eigenvalue weighted by molar-refractivity contribution is -0.144. The van der Waals surface area contributed by atoms with E-state index in [2.05, 4.69) is 31.9 Å². The molecule has 0 unspecified atom stereocenters. The predicted octanol–water partition coefficient (Wildman–Crippen LogP) is 4.71. The molecular formula is C50H84Cl2N8O8. The van der Waals surface area contributed by atoms with E-state index in [0.29, 0.717) is 11.1 Å². The summed E-state index contributed by atoms with van der Waals surface area (Å²) in [7, 11) is 3.31. The van der Waals surface area contributed by atoms with E-state index in [4.69, 9.17) is 0 Å². The Morgan fingerprint density at radius 3 is 1.16 bits per heavy atom. The van der Waals surface area contributed by atoms with Crippen molar-refractivity contribution in [3.63, 3.8) is 0 Å². The van der Waals surface area contributed by atoms with Gasteiger partial charge in [-0.05, 0) is 95.2 Å². The summed E-state index contributed by atoms with van der Waals surface area (Å²) >= 11 is 0. The number of Topliss-reactive ketones (excluding diaryl/α,β-unsaturated/α-hetero) is 2. The Bertz CT molecular complexity index is 1800. The topological polar surface area (TPSA) is 215 Å². The molecule has 0 spiro atoms. The van der Waals surface area contributed by atoms with Crippen molar-refractivity contribution in [3.8, 4) is 0 Å². The molecule has 2 aliphatic heterocycles. The molecule has 2 heterocycles. The standard InChI is InChI=1S/C50H82N8O8.2ClH/c1-27(2)29(5)53-45(63)37-20-33(25-57(37)47(65)41(49(9,10)11)55-43(61)31(7)51-15)22-39(59)35-18-17-19-36(24-35)40(60)23-34-21-38(46(64)54-30(6)28(3)4)58(26-34)48(66)42(50(12,13)14)56-44(62)32(8)52-16;;/h17-19,24,27-34,37-38,41-42,51-52H,20-23,25-26H2,1-16H3,(H,53,63)(H,54,64)(H,55,61)(H,56,62);2*1H/t29-,30-,31+,32+,33-,34-,37+,38+,41-,42-;;/m1../s1. The number of nitrogens with zero attached hydrogens (tertiary/aromatic N) is 2. The summed E-state index contributed by atoms with van der Waals surface area (Å²) < 4.78 is 0. The Morgan fingerprint density at radius 2 is 0.882 bits per heavy atom. The third-order valence-corrected chi connectivity index (χ3v) is 13.6. The highest BCUT2D eigenvalue weighted by molar-refractivity contribution is 6.02. The van der Waals surface area contributed by atoms with Crippen molar-refractivity contribution in [1.29, 1.82) is 0 Å². The van der Waals surface area contributed by atoms with E-state index in [-0.39, 0.29) is 135 Å². The van der Waals surface area contributed by atoms with Gasteiger partial charge in [0.05, 0.1) is 12.1 Å². The SMILES string of the molecule is CN[C@@H](C)C(=O)N[C@H](C(=O)N1C[C@@H](CC(=O)c2cccc(C(=O)C[C@H]3C[C@@H](C(=O)N[C@H](C)C(C)C)N(C(=O)[C@@H](NC(=O)[C@H](C)NC)C(C)(C)C)C3)c2)C[C@H]1C(=O)N[C@H](C)C(C)C)C(C)(C)C.Cl.Cl. The van der Waals surface area contributed by atoms with Gasteiger partial charge in [-0.25, -0.2) is 0 Å². The molecular weight excluding hydrogens is 912 g/mol. The highest BCUT2D eigenvalue weighted by Crippen LogP contribution is 2.33. The maximum Gasteiger partial charge on any atom is 0.246 e. The molecule has 6 amide bonds. The van der Waals surface area contributed by atoms with Gasteiger partial charge in [-0.2, -0.15) is 0 Å². The van der Waals surface area contributed by atoms with Crippen LogP contribution in [0.4, 0.5) is 0 Å². The van der Waals surface area contributed by atoms with Crippen molar-refractivity contribution in [2.45, 2.75) is 171 Å². The Balaban J connectivity index is 0.0000116. The molecule has 1 aromatic rings. The third kappa shape index (κ3) is 16.5. The van der Waals surface area contributed by atoms with Gasteiger partial charge in [0.2, 0.25) is 35.4 Å². The molecule has 386 valence electrons. The molecule has 6 N–H and O–H groups in total. The van der Waals surface area contributed by atoms with Gasteiger partial charge < -0.3 is 41.7 Å². The van der Waals surface area contributed by atoms with E-state index in [9.17, 15) is 38.4 Å². The van der Waals surface area contributed by atoms with Crippen LogP contribution in [0.3, 0.4) is 0 Å². The second-order valence-corrected chi connectivity index (χ2v) is 21.8. The fourth-order valence-electron chi connectivity index (χ4n) is 8.15. The van der Waals surface area contributed by atoms with Gasteiger partial charge in [0, 0.05) is 49.1 Å². The van der Waals surface area contributed by atoms with E-state index in [0.717, 1.165) is 0 Å². The Morgan fingerprint density at radius 1 is 0.559 bits per heavy atom. The molecule has 18 heteroatoms. The Hall–Kier alpha value is -4.12. The minimum absolute atomic E-state index is 0. The van der Waals surface area contributed by atoms with Crippen LogP contribution in [0.15, 0.2) is 24.3 Å². The van der Waals surface area contributed by atoms with Crippen LogP contribution in [0.2, 0.25) is 0 Å². The maximum absolute atomic E-state index is 14.4. The molecule has 10 atom stereocenters. The normalized spacial score (nSPS) is 21.0. The summed E-state index contributed by atoms with van der Waals surface area (Å²) in [5.41, 5.74) is -0.777. The summed E-state index contributed by atoms with van der Waals surface area (Å²) in [4.78, 5) is 114. The first kappa shape index (κ1) is 61.9. The highest BCUT2D eigenvalue weighted by atomic mass is 35.5. The second-order valence-electron chi connectivity index (χ2n) is 21.8. The van der Waals surface area contributed by atoms with Crippen LogP contribution < -0.4 is 31.9 Å². The molecule has 1 aromatic carbocycles. The quantitative estimate of drug-likeness (QED) is 0.0991. The van der Waals surface area contributed by atoms with Crippen molar-refractivity contribution in [2.24, 2.45) is 34.5 Å². The molecule has 2 aliphatic rings. The van der Waals surface area contributed by atoms with E-state index in [1.165, 1.54) is 9.80 Å². The molecule has 68 heavy (non-hydrogen) atoms. The van der Waals surface area contributed by atoms with Crippen LogP contribution in [-0.2, 0) is 28.8 Å². The maximum atomic E-state index is 14.4. The minimum atomic E-state index is -0.943. The summed E-state index contributed by atoms with van der Waals surface area (Å²) in [5.74, 6) is -3.14. The first-order valence-electron chi connectivity index (χ1n) is 23.9. The van der Waals surface area contributed by atoms with Gasteiger partial charge in [0.15, 0.2) is 11.6 Å². The first-order chi connectivity index (χ1) is 30.5. The summed E-state index contributed by atoms with van der Waals surface area (Å²) in [6, 6.07) is 1.42. The third-order valence-electron chi connectivity index (χ3n) is 13.6. The number of amides is 6. The zero-order valence-corrected chi connectivity index (χ0v) is 45.1. The molecule has 2 fully saturated rings. The molecule has 3 rings (SSSR count). The van der Waals surface area contributed by atoms with Crippen LogP contribution in [-0.4, -0.2) is 132 Å². The summed E-state index contributed by atoms with van der Waals surface area (Å²) in [5, 5.41) is 17.7. The largest absolute Gasteiger partial charge is 0.352 e. The Labute approximate surface area is 418 Å². The fraction of sp³-hybridized carbons (Fsp3) is 0.720. The van der Waals surface area contributed by atoms with Gasteiger partial charge in [-0.15, -0.1) is 24.8 Å². The molecule has 0 bridgehead atoms. The smallest absolute Gasteiger partial charge is 0.246 e. The molecule has 2 saturated heterocycles. The first-order valence-corrected chi connectivity index (χ1v) is 23.9. The average Bonchev–Trinajstić information content (AvgIpc) is 3.87. The Kier molecular flexibility index (Phi) is 23.8. The van der Waals surface area contributed by atoms with Crippen LogP contribution in [0, 0.1) is 34.5 Å². The number of halogens is 2. The lowest BCUT2D eigenvalue weighted by Gasteiger charge is -2.36. The van der Waals surface area contributed by atoms with Crippen molar-refractivity contribution < 1.29 is 38.4 Å². The van der Waals surface area contributed by atoms with Gasteiger partial charge in [0.1, 0.15) is 24.2 Å². The zero-order valence-electron chi connectivity index (χ0n) is 43.5. The van der Waals surface area contributed by atoms with E-state index < -0.39 is 58.9 Å². The average molecular weight is 996 g/mol. The van der Waals surface area contributed by atoms with Crippen molar-refractivity contribution in [3.05, 3.63) is 35.4 Å². The van der Waals surface area contributed by atoms with Gasteiger partial charge in [0.25, 0.3) is 0 Å². The molecule has 0 radical (unpaired) electrons. The number of carbonyl (C=O) groups is 8. The van der Waals surface area contributed by atoms with Crippen LogP contribution in [0.25, 0.3) is 0 Å². The van der Waals surface area contributed by atoms with E-state index in [1.807, 2.05) is 83.1 Å². The minimum Gasteiger partial charge on any atom is -0.352 e. The number of ketones is 2. The number of hydrogen-bond acceptors (Lipinski definition) is 10. The number of hydrogen-bond donors (Lipinski definition) is 6. The van der Waals surface area contributed by atoms with Gasteiger partial charge in [-0.1, -0.05) is 87.4 Å². The molecule has 0 aliphatic carbocycles. The number of nitrogens with one attached hydrogen (secondary N) is 6. The summed E-state index contributed by atoms with van der Waals surface area (Å²) in [6.07, 6.45) is 0.497. The number of carbonyl (C=O) groups excluding carboxylic acids is 8. The van der Waals surface area contributed by atoms with Crippen LogP contribution in [0.5, 0.6) is 0 Å². The second kappa shape index (κ2) is 26.2. The molecule has 0 aromatic heterocycles. The molecule has 0 saturated carbocycles. The number of likely N-dealkylation sites (tertiary alicyclic amines) is 2. The molecule has 16 nitrogen and oxygen atoms in total. The van der Waals surface area contributed by atoms with E-state index in [1.54, 1.807) is 52.2 Å². The highest BCUT2D eigenvalue weighted by Gasteiger charge is 2.47. The van der Waals surface area contributed by atoms with Crippen LogP contribution in [0.1, 0.15) is 143 Å². The van der Waals surface area contributed by atoms with Crippen molar-refractivity contribution >= 4 is 71.8 Å². The van der Waals surface area contributed by atoms with E-state index >= 15 is 0 Å².